The Balaban J connectivity index is 1.88. The number of aromatic nitrogens is 1. The van der Waals surface area contributed by atoms with Crippen molar-refractivity contribution >= 4 is 33.9 Å². The minimum absolute atomic E-state index is 0.0170. The summed E-state index contributed by atoms with van der Waals surface area (Å²) in [5.74, 6) is -0.448. The lowest BCUT2D eigenvalue weighted by Crippen LogP contribution is -2.12. The van der Waals surface area contributed by atoms with Crippen LogP contribution in [0.1, 0.15) is 10.4 Å². The number of hydrogen-bond donors (Lipinski definition) is 2. The monoisotopic (exact) mass is 308 g/mol. The van der Waals surface area contributed by atoms with Crippen LogP contribution >= 0.6 is 0 Å². The van der Waals surface area contributed by atoms with Crippen LogP contribution in [0.15, 0.2) is 54.7 Å². The van der Waals surface area contributed by atoms with Gasteiger partial charge in [0.2, 0.25) is 0 Å². The third kappa shape index (κ3) is 2.93. The van der Waals surface area contributed by atoms with Crippen molar-refractivity contribution in [1.29, 1.82) is 0 Å². The number of nitrogens with one attached hydrogen (secondary N) is 1. The maximum absolute atomic E-state index is 12.2. The molecule has 0 radical (unpaired) electrons. The van der Waals surface area contributed by atoms with Crippen LogP contribution in [0.4, 0.5) is 17.1 Å². The zero-order valence-corrected chi connectivity index (χ0v) is 11.9. The number of benzene rings is 2. The first-order valence-electron chi connectivity index (χ1n) is 6.74. The minimum atomic E-state index is -0.617. The molecular formula is C16H12N4O3. The van der Waals surface area contributed by atoms with Crippen LogP contribution in [0.5, 0.6) is 0 Å². The lowest BCUT2D eigenvalue weighted by atomic mass is 10.1. The van der Waals surface area contributed by atoms with Gasteiger partial charge in [-0.3, -0.25) is 19.9 Å². The van der Waals surface area contributed by atoms with Gasteiger partial charge in [0.05, 0.1) is 10.4 Å². The van der Waals surface area contributed by atoms with Crippen molar-refractivity contribution in [1.82, 2.24) is 4.98 Å². The number of rotatable bonds is 3. The largest absolute Gasteiger partial charge is 0.393 e. The molecule has 0 spiro atoms. The Bertz CT molecular complexity index is 924. The molecule has 0 aliphatic rings. The first-order valence-corrected chi connectivity index (χ1v) is 6.74. The molecule has 2 aromatic carbocycles. The number of carbonyl (C=O) groups is 1. The van der Waals surface area contributed by atoms with E-state index >= 15 is 0 Å². The Kier molecular flexibility index (Phi) is 3.60. The standard InChI is InChI=1S/C16H12N4O3/c17-13-5-3-11(9-15(13)20(22)23)16(21)19-12-4-6-14-10(8-12)2-1-7-18-14/h1-9H,17H2,(H,19,21). The summed E-state index contributed by atoms with van der Waals surface area (Å²) in [6.07, 6.45) is 1.69. The lowest BCUT2D eigenvalue weighted by molar-refractivity contribution is -0.383. The second-order valence-corrected chi connectivity index (χ2v) is 4.90. The number of pyridine rings is 1. The van der Waals surface area contributed by atoms with E-state index in [2.05, 4.69) is 10.3 Å². The zero-order chi connectivity index (χ0) is 16.4. The van der Waals surface area contributed by atoms with Crippen LogP contribution in [-0.2, 0) is 0 Å². The van der Waals surface area contributed by atoms with Gasteiger partial charge >= 0.3 is 0 Å². The Morgan fingerprint density at radius 2 is 2.00 bits per heavy atom. The van der Waals surface area contributed by atoms with E-state index in [9.17, 15) is 14.9 Å². The first-order chi connectivity index (χ1) is 11.0. The molecule has 7 heteroatoms. The molecule has 7 nitrogen and oxygen atoms in total. The van der Waals surface area contributed by atoms with E-state index in [4.69, 9.17) is 5.73 Å². The van der Waals surface area contributed by atoms with Crippen molar-refractivity contribution in [2.45, 2.75) is 0 Å². The van der Waals surface area contributed by atoms with Gasteiger partial charge in [0.15, 0.2) is 0 Å². The second kappa shape index (κ2) is 5.72. The highest BCUT2D eigenvalue weighted by Crippen LogP contribution is 2.23. The molecule has 0 atom stereocenters. The Labute approximate surface area is 130 Å². The highest BCUT2D eigenvalue weighted by molar-refractivity contribution is 6.05. The molecule has 1 amide bonds. The topological polar surface area (TPSA) is 111 Å². The van der Waals surface area contributed by atoms with Crippen molar-refractivity contribution in [3.8, 4) is 0 Å². The first kappa shape index (κ1) is 14.5. The third-order valence-electron chi connectivity index (χ3n) is 3.35. The summed E-state index contributed by atoms with van der Waals surface area (Å²) in [4.78, 5) is 26.7. The fraction of sp³-hybridized carbons (Fsp3) is 0. The summed E-state index contributed by atoms with van der Waals surface area (Å²) in [6, 6.07) is 12.9. The molecule has 0 saturated carbocycles. The molecule has 3 aromatic rings. The van der Waals surface area contributed by atoms with Crippen molar-refractivity contribution in [2.24, 2.45) is 0 Å². The predicted octanol–water partition coefficient (Wildman–Crippen LogP) is 2.98. The molecule has 0 fully saturated rings. The van der Waals surface area contributed by atoms with Gasteiger partial charge in [-0.05, 0) is 36.4 Å². The molecule has 3 rings (SSSR count). The molecule has 1 aromatic heterocycles. The molecule has 3 N–H and O–H groups in total. The number of nitro groups is 1. The van der Waals surface area contributed by atoms with Gasteiger partial charge in [-0.2, -0.15) is 0 Å². The van der Waals surface area contributed by atoms with Crippen LogP contribution in [-0.4, -0.2) is 15.8 Å². The fourth-order valence-electron chi connectivity index (χ4n) is 2.20. The number of carbonyl (C=O) groups excluding carboxylic acids is 1. The van der Waals surface area contributed by atoms with Gasteiger partial charge in [0, 0.05) is 28.9 Å². The smallest absolute Gasteiger partial charge is 0.292 e. The van der Waals surface area contributed by atoms with E-state index in [1.165, 1.54) is 12.1 Å². The van der Waals surface area contributed by atoms with Crippen LogP contribution in [0.2, 0.25) is 0 Å². The Hall–Kier alpha value is -3.48. The van der Waals surface area contributed by atoms with E-state index < -0.39 is 10.8 Å². The van der Waals surface area contributed by atoms with Crippen molar-refractivity contribution in [3.63, 3.8) is 0 Å². The predicted molar refractivity (Wildman–Crippen MR) is 87.2 cm³/mol. The van der Waals surface area contributed by atoms with E-state index in [1.54, 1.807) is 30.5 Å². The van der Waals surface area contributed by atoms with E-state index in [-0.39, 0.29) is 16.9 Å². The van der Waals surface area contributed by atoms with E-state index in [1.807, 2.05) is 6.07 Å². The van der Waals surface area contributed by atoms with Gasteiger partial charge in [-0.25, -0.2) is 0 Å². The minimum Gasteiger partial charge on any atom is -0.393 e. The normalized spacial score (nSPS) is 10.4. The summed E-state index contributed by atoms with van der Waals surface area (Å²) in [6.45, 7) is 0. The van der Waals surface area contributed by atoms with Gasteiger partial charge in [-0.1, -0.05) is 6.07 Å². The number of nitrogens with zero attached hydrogens (tertiary/aromatic N) is 2. The number of fused-ring (bicyclic) bond motifs is 1. The van der Waals surface area contributed by atoms with Gasteiger partial charge in [0.25, 0.3) is 11.6 Å². The van der Waals surface area contributed by atoms with Crippen molar-refractivity contribution < 1.29 is 9.72 Å². The number of nitrogens with two attached hydrogens (primary N) is 1. The second-order valence-electron chi connectivity index (χ2n) is 4.90. The van der Waals surface area contributed by atoms with Crippen LogP contribution in [0, 0.1) is 10.1 Å². The van der Waals surface area contributed by atoms with Crippen LogP contribution in [0.25, 0.3) is 10.9 Å². The maximum atomic E-state index is 12.2. The summed E-state index contributed by atoms with van der Waals surface area (Å²) in [5.41, 5.74) is 6.81. The summed E-state index contributed by atoms with van der Waals surface area (Å²) in [7, 11) is 0. The highest BCUT2D eigenvalue weighted by Gasteiger charge is 2.15. The summed E-state index contributed by atoms with van der Waals surface area (Å²) < 4.78 is 0. The molecule has 0 aliphatic heterocycles. The third-order valence-corrected chi connectivity index (χ3v) is 3.35. The molecule has 0 bridgehead atoms. The number of nitrogen functional groups attached to an aromatic ring is 1. The molecule has 0 saturated heterocycles. The zero-order valence-electron chi connectivity index (χ0n) is 11.9. The molecule has 1 heterocycles. The molecular weight excluding hydrogens is 296 g/mol. The van der Waals surface area contributed by atoms with Crippen LogP contribution in [0.3, 0.4) is 0 Å². The summed E-state index contributed by atoms with van der Waals surface area (Å²) in [5, 5.41) is 14.5. The number of hydrogen-bond acceptors (Lipinski definition) is 5. The molecule has 0 unspecified atom stereocenters. The van der Waals surface area contributed by atoms with E-state index in [0.29, 0.717) is 5.69 Å². The van der Waals surface area contributed by atoms with E-state index in [0.717, 1.165) is 17.0 Å². The van der Waals surface area contributed by atoms with Crippen LogP contribution < -0.4 is 11.1 Å². The summed E-state index contributed by atoms with van der Waals surface area (Å²) >= 11 is 0. The Morgan fingerprint density at radius 3 is 2.78 bits per heavy atom. The molecule has 114 valence electrons. The number of anilines is 2. The quantitative estimate of drug-likeness (QED) is 0.439. The highest BCUT2D eigenvalue weighted by atomic mass is 16.6. The Morgan fingerprint density at radius 1 is 1.17 bits per heavy atom. The van der Waals surface area contributed by atoms with Crippen molar-refractivity contribution in [2.75, 3.05) is 11.1 Å². The number of amides is 1. The van der Waals surface area contributed by atoms with Gasteiger partial charge in [0.1, 0.15) is 5.69 Å². The molecule has 0 aliphatic carbocycles. The lowest BCUT2D eigenvalue weighted by Gasteiger charge is -2.07. The SMILES string of the molecule is Nc1ccc(C(=O)Nc2ccc3ncccc3c2)cc1[N+](=O)[O-]. The molecule has 23 heavy (non-hydrogen) atoms. The number of nitro benzene ring substituents is 1. The average molecular weight is 308 g/mol. The van der Waals surface area contributed by atoms with Crippen molar-refractivity contribution in [3.05, 3.63) is 70.4 Å². The average Bonchev–Trinajstić information content (AvgIpc) is 2.54. The fourth-order valence-corrected chi connectivity index (χ4v) is 2.20. The van der Waals surface area contributed by atoms with Gasteiger partial charge in [-0.15, -0.1) is 0 Å². The van der Waals surface area contributed by atoms with Gasteiger partial charge < -0.3 is 11.1 Å². The maximum Gasteiger partial charge on any atom is 0.292 e.